The van der Waals surface area contributed by atoms with E-state index in [0.717, 1.165) is 0 Å². The van der Waals surface area contributed by atoms with Gasteiger partial charge in [-0.3, -0.25) is 5.43 Å². The summed E-state index contributed by atoms with van der Waals surface area (Å²) in [5.74, 6) is 0. The molecular formula is C7H8ClF3N2O. The standard InChI is InChI=1S/C7H7F3N2O.ClH/c8-7(9,10)13-12-11-6-4-2-1-3-5-6;/h1-5,11-12H;1H. The molecule has 7 heteroatoms. The van der Waals surface area contributed by atoms with Crippen LogP contribution < -0.4 is 11.0 Å². The second-order valence-corrected chi connectivity index (χ2v) is 2.14. The zero-order chi connectivity index (χ0) is 9.73. The zero-order valence-corrected chi connectivity index (χ0v) is 7.65. The molecule has 3 nitrogen and oxygen atoms in total. The molecule has 0 unspecified atom stereocenters. The van der Waals surface area contributed by atoms with E-state index in [1.54, 1.807) is 35.9 Å². The van der Waals surface area contributed by atoms with E-state index in [1.807, 2.05) is 0 Å². The van der Waals surface area contributed by atoms with Crippen LogP contribution in [0.1, 0.15) is 0 Å². The summed E-state index contributed by atoms with van der Waals surface area (Å²) in [7, 11) is 0. The Bertz CT molecular complexity index is 255. The van der Waals surface area contributed by atoms with Gasteiger partial charge in [0.25, 0.3) is 0 Å². The van der Waals surface area contributed by atoms with E-state index in [9.17, 15) is 13.2 Å². The topological polar surface area (TPSA) is 33.3 Å². The first-order valence-corrected chi connectivity index (χ1v) is 3.39. The molecule has 0 saturated heterocycles. The lowest BCUT2D eigenvalue weighted by molar-refractivity contribution is -0.347. The molecule has 0 bridgehead atoms. The van der Waals surface area contributed by atoms with Gasteiger partial charge in [0.05, 0.1) is 5.69 Å². The molecule has 0 spiro atoms. The first-order valence-electron chi connectivity index (χ1n) is 3.39. The van der Waals surface area contributed by atoms with E-state index in [1.165, 1.54) is 0 Å². The van der Waals surface area contributed by atoms with E-state index < -0.39 is 6.36 Å². The molecule has 2 N–H and O–H groups in total. The fourth-order valence-corrected chi connectivity index (χ4v) is 0.664. The van der Waals surface area contributed by atoms with Gasteiger partial charge < -0.3 is 0 Å². The van der Waals surface area contributed by atoms with E-state index >= 15 is 0 Å². The molecule has 0 aliphatic rings. The molecule has 0 atom stereocenters. The van der Waals surface area contributed by atoms with Gasteiger partial charge in [0.15, 0.2) is 0 Å². The minimum absolute atomic E-state index is 0. The van der Waals surface area contributed by atoms with Crippen molar-refractivity contribution in [1.29, 1.82) is 0 Å². The van der Waals surface area contributed by atoms with Crippen LogP contribution in [0.15, 0.2) is 30.3 Å². The SMILES string of the molecule is Cl.FC(F)(F)ONNc1ccccc1. The van der Waals surface area contributed by atoms with Crippen LogP contribution >= 0.6 is 12.4 Å². The Balaban J connectivity index is 0.00000169. The molecule has 0 saturated carbocycles. The van der Waals surface area contributed by atoms with Crippen LogP contribution in [-0.4, -0.2) is 6.36 Å². The predicted octanol–water partition coefficient (Wildman–Crippen LogP) is 2.48. The fourth-order valence-electron chi connectivity index (χ4n) is 0.664. The minimum atomic E-state index is -4.69. The minimum Gasteiger partial charge on any atom is -0.299 e. The Kier molecular flexibility index (Phi) is 5.29. The Labute approximate surface area is 84.6 Å². The normalized spacial score (nSPS) is 10.5. The summed E-state index contributed by atoms with van der Waals surface area (Å²) < 4.78 is 34.3. The first-order chi connectivity index (χ1) is 6.08. The molecule has 0 fully saturated rings. The number of hydrogen-bond acceptors (Lipinski definition) is 3. The van der Waals surface area contributed by atoms with Gasteiger partial charge in [-0.2, -0.15) is 4.84 Å². The number of halogens is 4. The summed E-state index contributed by atoms with van der Waals surface area (Å²) in [5, 5.41) is 0. The predicted molar refractivity (Wildman–Crippen MR) is 47.6 cm³/mol. The zero-order valence-electron chi connectivity index (χ0n) is 6.84. The molecule has 0 amide bonds. The number of benzene rings is 1. The lowest BCUT2D eigenvalue weighted by Gasteiger charge is -2.09. The van der Waals surface area contributed by atoms with Gasteiger partial charge in [-0.1, -0.05) is 18.2 Å². The maximum atomic E-state index is 11.4. The Morgan fingerprint density at radius 1 is 1.07 bits per heavy atom. The quantitative estimate of drug-likeness (QED) is 0.780. The van der Waals surface area contributed by atoms with Crippen molar-refractivity contribution in [2.24, 2.45) is 0 Å². The lowest BCUT2D eigenvalue weighted by Crippen LogP contribution is -2.30. The number of hydrazine groups is 1. The smallest absolute Gasteiger partial charge is 0.299 e. The van der Waals surface area contributed by atoms with Gasteiger partial charge in [0, 0.05) is 0 Å². The molecule has 0 aliphatic carbocycles. The van der Waals surface area contributed by atoms with Gasteiger partial charge in [-0.05, 0) is 12.1 Å². The Morgan fingerprint density at radius 3 is 2.14 bits per heavy atom. The summed E-state index contributed by atoms with van der Waals surface area (Å²) >= 11 is 0. The molecule has 0 aliphatic heterocycles. The molecule has 1 aromatic rings. The summed E-state index contributed by atoms with van der Waals surface area (Å²) in [4.78, 5) is 3.27. The van der Waals surface area contributed by atoms with Crippen molar-refractivity contribution in [2.75, 3.05) is 5.43 Å². The number of hydrogen-bond donors (Lipinski definition) is 2. The van der Waals surface area contributed by atoms with E-state index in [4.69, 9.17) is 0 Å². The third-order valence-corrected chi connectivity index (χ3v) is 1.14. The average molecular weight is 229 g/mol. The van der Waals surface area contributed by atoms with Crippen LogP contribution in [0.3, 0.4) is 0 Å². The highest BCUT2D eigenvalue weighted by molar-refractivity contribution is 5.85. The maximum absolute atomic E-state index is 11.4. The molecule has 0 heterocycles. The molecule has 0 aromatic heterocycles. The van der Waals surface area contributed by atoms with Crippen molar-refractivity contribution in [3.05, 3.63) is 30.3 Å². The molecule has 1 rings (SSSR count). The van der Waals surface area contributed by atoms with Crippen molar-refractivity contribution >= 4 is 18.1 Å². The van der Waals surface area contributed by atoms with E-state index in [2.05, 4.69) is 10.3 Å². The molecule has 1 aromatic carbocycles. The van der Waals surface area contributed by atoms with Gasteiger partial charge in [-0.25, -0.2) is 0 Å². The second kappa shape index (κ2) is 5.69. The highest BCUT2D eigenvalue weighted by Gasteiger charge is 2.29. The number of alkyl halides is 3. The molecular weight excluding hydrogens is 221 g/mol. The van der Waals surface area contributed by atoms with Gasteiger partial charge in [0.1, 0.15) is 0 Å². The first kappa shape index (κ1) is 13.0. The molecule has 80 valence electrons. The second-order valence-electron chi connectivity index (χ2n) is 2.14. The fraction of sp³-hybridized carbons (Fsp3) is 0.143. The monoisotopic (exact) mass is 228 g/mol. The molecule has 0 radical (unpaired) electrons. The van der Waals surface area contributed by atoms with Crippen molar-refractivity contribution < 1.29 is 18.0 Å². The third kappa shape index (κ3) is 5.63. The van der Waals surface area contributed by atoms with Crippen molar-refractivity contribution in [1.82, 2.24) is 5.59 Å². The maximum Gasteiger partial charge on any atom is 0.540 e. The van der Waals surface area contributed by atoms with Gasteiger partial charge in [0.2, 0.25) is 0 Å². The number of rotatable bonds is 3. The third-order valence-electron chi connectivity index (χ3n) is 1.14. The van der Waals surface area contributed by atoms with Gasteiger partial charge >= 0.3 is 6.36 Å². The Morgan fingerprint density at radius 2 is 1.64 bits per heavy atom. The summed E-state index contributed by atoms with van der Waals surface area (Å²) in [6.45, 7) is 0. The highest BCUT2D eigenvalue weighted by Crippen LogP contribution is 2.14. The summed E-state index contributed by atoms with van der Waals surface area (Å²) in [5.41, 5.74) is 4.25. The van der Waals surface area contributed by atoms with Gasteiger partial charge in [-0.15, -0.1) is 31.2 Å². The number of nitrogens with one attached hydrogen (secondary N) is 2. The van der Waals surface area contributed by atoms with Crippen LogP contribution in [0.5, 0.6) is 0 Å². The van der Waals surface area contributed by atoms with Crippen LogP contribution in [0.2, 0.25) is 0 Å². The van der Waals surface area contributed by atoms with Crippen molar-refractivity contribution in [3.8, 4) is 0 Å². The van der Waals surface area contributed by atoms with Crippen molar-refractivity contribution in [3.63, 3.8) is 0 Å². The summed E-state index contributed by atoms with van der Waals surface area (Å²) in [6, 6.07) is 8.28. The average Bonchev–Trinajstić information content (AvgIpc) is 2.04. The highest BCUT2D eigenvalue weighted by atomic mass is 35.5. The summed E-state index contributed by atoms with van der Waals surface area (Å²) in [6.07, 6.45) is -4.69. The van der Waals surface area contributed by atoms with Crippen LogP contribution in [0.4, 0.5) is 18.9 Å². The number of para-hydroxylation sites is 1. The van der Waals surface area contributed by atoms with Crippen LogP contribution in [0.25, 0.3) is 0 Å². The molecule has 14 heavy (non-hydrogen) atoms. The Hall–Kier alpha value is -0.980. The van der Waals surface area contributed by atoms with Crippen molar-refractivity contribution in [2.45, 2.75) is 6.36 Å². The van der Waals surface area contributed by atoms with Crippen LogP contribution in [0, 0.1) is 0 Å². The van der Waals surface area contributed by atoms with Crippen LogP contribution in [-0.2, 0) is 4.84 Å². The van der Waals surface area contributed by atoms with E-state index in [0.29, 0.717) is 5.69 Å². The number of anilines is 1. The van der Waals surface area contributed by atoms with E-state index in [-0.39, 0.29) is 12.4 Å². The largest absolute Gasteiger partial charge is 0.540 e. The lowest BCUT2D eigenvalue weighted by atomic mass is 10.3.